The molecule has 4 nitrogen and oxygen atoms in total. The van der Waals surface area contributed by atoms with E-state index in [-0.39, 0.29) is 18.1 Å². The lowest BCUT2D eigenvalue weighted by Crippen LogP contribution is -2.49. The van der Waals surface area contributed by atoms with Gasteiger partial charge in [-0.25, -0.2) is 8.78 Å². The molecule has 0 spiro atoms. The SMILES string of the molecule is CC(C)(C=O)Oc1cc([C@@](Cc2ccccc2)(NC(=O)c2cccc(C(F)(F)F)c2)c2cc(F)cc(C(F)(F)F)c2)ccc1F. The standard InChI is InChI=1S/C33H25F8NO3/c1-30(2,19-43)45-28-17-22(11-12-27(28)35)31(18-20-7-4-3-5-8-20,24-14-25(33(39,40)41)16-26(34)15-24)42-29(44)21-9-6-10-23(13-21)32(36,37)38/h3-17,19H,18H2,1-2H3,(H,42,44)/t31-/m1/s1. The second-order valence-corrected chi connectivity index (χ2v) is 10.8. The van der Waals surface area contributed by atoms with Crippen molar-refractivity contribution in [3.8, 4) is 5.75 Å². The van der Waals surface area contributed by atoms with Crippen molar-refractivity contribution < 1.29 is 49.4 Å². The van der Waals surface area contributed by atoms with Gasteiger partial charge in [0.1, 0.15) is 5.82 Å². The second kappa shape index (κ2) is 12.3. The highest BCUT2D eigenvalue weighted by molar-refractivity contribution is 5.95. The summed E-state index contributed by atoms with van der Waals surface area (Å²) in [6.07, 6.45) is -9.85. The summed E-state index contributed by atoms with van der Waals surface area (Å²) in [7, 11) is 0. The van der Waals surface area contributed by atoms with Gasteiger partial charge in [0.2, 0.25) is 0 Å². The molecule has 4 aromatic carbocycles. The zero-order chi connectivity index (χ0) is 33.2. The summed E-state index contributed by atoms with van der Waals surface area (Å²) < 4.78 is 118. The molecule has 1 N–H and O–H groups in total. The molecule has 45 heavy (non-hydrogen) atoms. The molecule has 0 unspecified atom stereocenters. The van der Waals surface area contributed by atoms with Gasteiger partial charge in [-0.05, 0) is 79.1 Å². The number of ether oxygens (including phenoxy) is 1. The van der Waals surface area contributed by atoms with Crippen LogP contribution in [-0.4, -0.2) is 17.8 Å². The monoisotopic (exact) mass is 635 g/mol. The Labute approximate surface area is 252 Å². The van der Waals surface area contributed by atoms with Crippen molar-refractivity contribution in [2.45, 2.75) is 43.8 Å². The van der Waals surface area contributed by atoms with Crippen molar-refractivity contribution in [2.75, 3.05) is 0 Å². The fourth-order valence-corrected chi connectivity index (χ4v) is 4.72. The van der Waals surface area contributed by atoms with Gasteiger partial charge in [-0.15, -0.1) is 0 Å². The van der Waals surface area contributed by atoms with E-state index >= 15 is 0 Å². The van der Waals surface area contributed by atoms with Crippen LogP contribution in [0.1, 0.15) is 52.0 Å². The highest BCUT2D eigenvalue weighted by Crippen LogP contribution is 2.40. The van der Waals surface area contributed by atoms with Gasteiger partial charge < -0.3 is 10.1 Å². The summed E-state index contributed by atoms with van der Waals surface area (Å²) in [5.41, 5.74) is -6.98. The van der Waals surface area contributed by atoms with E-state index in [1.54, 1.807) is 30.3 Å². The van der Waals surface area contributed by atoms with Crippen molar-refractivity contribution in [1.29, 1.82) is 0 Å². The Morgan fingerprint density at radius 1 is 0.733 bits per heavy atom. The van der Waals surface area contributed by atoms with Crippen LogP contribution in [0, 0.1) is 11.6 Å². The van der Waals surface area contributed by atoms with Crippen LogP contribution < -0.4 is 10.1 Å². The van der Waals surface area contributed by atoms with Crippen LogP contribution in [-0.2, 0) is 29.1 Å². The fourth-order valence-electron chi connectivity index (χ4n) is 4.72. The summed E-state index contributed by atoms with van der Waals surface area (Å²) in [6, 6.07) is 15.9. The van der Waals surface area contributed by atoms with E-state index in [1.807, 2.05) is 0 Å². The average Bonchev–Trinajstić information content (AvgIpc) is 2.97. The van der Waals surface area contributed by atoms with E-state index in [2.05, 4.69) is 5.32 Å². The molecule has 12 heteroatoms. The molecule has 0 aliphatic carbocycles. The third-order valence-electron chi connectivity index (χ3n) is 6.89. The highest BCUT2D eigenvalue weighted by Gasteiger charge is 2.41. The number of rotatable bonds is 9. The van der Waals surface area contributed by atoms with Crippen LogP contribution in [0.4, 0.5) is 35.1 Å². The third kappa shape index (κ3) is 7.68. The highest BCUT2D eigenvalue weighted by atomic mass is 19.4. The number of nitrogens with one attached hydrogen (secondary N) is 1. The van der Waals surface area contributed by atoms with E-state index in [9.17, 15) is 44.7 Å². The van der Waals surface area contributed by atoms with Gasteiger partial charge in [0, 0.05) is 12.0 Å². The molecule has 0 fully saturated rings. The number of benzene rings is 4. The first-order chi connectivity index (χ1) is 20.9. The van der Waals surface area contributed by atoms with Gasteiger partial charge >= 0.3 is 12.4 Å². The minimum atomic E-state index is -5.04. The normalized spacial score (nSPS) is 13.6. The fraction of sp³-hybridized carbons (Fsp3) is 0.212. The van der Waals surface area contributed by atoms with E-state index in [0.29, 0.717) is 24.0 Å². The molecule has 1 atom stereocenters. The van der Waals surface area contributed by atoms with Crippen LogP contribution in [0.25, 0.3) is 0 Å². The molecule has 0 bridgehead atoms. The van der Waals surface area contributed by atoms with E-state index < -0.39 is 69.0 Å². The summed E-state index contributed by atoms with van der Waals surface area (Å²) in [5.74, 6) is -3.98. The van der Waals surface area contributed by atoms with Gasteiger partial charge in [0.25, 0.3) is 5.91 Å². The average molecular weight is 636 g/mol. The lowest BCUT2D eigenvalue weighted by Gasteiger charge is -2.37. The largest absolute Gasteiger partial charge is 0.477 e. The van der Waals surface area contributed by atoms with Crippen LogP contribution in [0.2, 0.25) is 0 Å². The molecule has 236 valence electrons. The van der Waals surface area contributed by atoms with E-state index in [0.717, 1.165) is 42.5 Å². The van der Waals surface area contributed by atoms with Gasteiger partial charge in [-0.2, -0.15) is 26.3 Å². The molecule has 0 aliphatic rings. The number of hydrogen-bond acceptors (Lipinski definition) is 3. The molecule has 4 rings (SSSR count). The zero-order valence-corrected chi connectivity index (χ0v) is 23.7. The second-order valence-electron chi connectivity index (χ2n) is 10.8. The van der Waals surface area contributed by atoms with Crippen molar-refractivity contribution in [3.05, 3.63) is 136 Å². The zero-order valence-electron chi connectivity index (χ0n) is 23.7. The molecule has 1 amide bonds. The van der Waals surface area contributed by atoms with Crippen LogP contribution in [0.15, 0.2) is 91.0 Å². The number of amides is 1. The minimum absolute atomic E-state index is 0.122. The summed E-state index contributed by atoms with van der Waals surface area (Å²) in [5, 5.41) is 2.55. The summed E-state index contributed by atoms with van der Waals surface area (Å²) >= 11 is 0. The lowest BCUT2D eigenvalue weighted by molar-refractivity contribution is -0.138. The Morgan fingerprint density at radius 2 is 1.38 bits per heavy atom. The molecule has 0 aromatic heterocycles. The molecule has 0 aliphatic heterocycles. The Balaban J connectivity index is 2.04. The predicted molar refractivity (Wildman–Crippen MR) is 148 cm³/mol. The molecule has 4 aromatic rings. The number of carbonyl (C=O) groups is 2. The maximum Gasteiger partial charge on any atom is 0.416 e. The van der Waals surface area contributed by atoms with Gasteiger partial charge in [0.05, 0.1) is 16.7 Å². The summed E-state index contributed by atoms with van der Waals surface area (Å²) in [4.78, 5) is 25.2. The molecule has 0 saturated carbocycles. The topological polar surface area (TPSA) is 55.4 Å². The van der Waals surface area contributed by atoms with Gasteiger partial charge in [0.15, 0.2) is 23.5 Å². The van der Waals surface area contributed by atoms with Crippen LogP contribution in [0.3, 0.4) is 0 Å². The maximum absolute atomic E-state index is 15.0. The quantitative estimate of drug-likeness (QED) is 0.149. The number of aldehydes is 1. The first-order valence-electron chi connectivity index (χ1n) is 13.3. The summed E-state index contributed by atoms with van der Waals surface area (Å²) in [6.45, 7) is 2.64. The Morgan fingerprint density at radius 3 is 2.00 bits per heavy atom. The van der Waals surface area contributed by atoms with E-state index in [1.165, 1.54) is 13.8 Å². The number of carbonyl (C=O) groups excluding carboxylic acids is 2. The van der Waals surface area contributed by atoms with Crippen molar-refractivity contribution in [1.82, 2.24) is 5.32 Å². The molecule has 0 saturated heterocycles. The first kappa shape index (κ1) is 33.2. The van der Waals surface area contributed by atoms with Gasteiger partial charge in [-0.1, -0.05) is 42.5 Å². The molecule has 0 radical (unpaired) electrons. The number of alkyl halides is 6. The van der Waals surface area contributed by atoms with Crippen molar-refractivity contribution in [3.63, 3.8) is 0 Å². The lowest BCUT2D eigenvalue weighted by atomic mass is 9.77. The Bertz CT molecular complexity index is 1700. The maximum atomic E-state index is 15.0. The smallest absolute Gasteiger partial charge is 0.416 e. The molecular formula is C33H25F8NO3. The Kier molecular flexibility index (Phi) is 9.09. The number of hydrogen-bond donors (Lipinski definition) is 1. The van der Waals surface area contributed by atoms with Crippen molar-refractivity contribution in [2.24, 2.45) is 0 Å². The first-order valence-corrected chi connectivity index (χ1v) is 13.3. The minimum Gasteiger partial charge on any atom is -0.477 e. The third-order valence-corrected chi connectivity index (χ3v) is 6.89. The predicted octanol–water partition coefficient (Wildman–Crippen LogP) is 8.28. The van der Waals surface area contributed by atoms with Gasteiger partial charge in [-0.3, -0.25) is 9.59 Å². The molecule has 0 heterocycles. The van der Waals surface area contributed by atoms with Crippen LogP contribution >= 0.6 is 0 Å². The number of halogens is 8. The van der Waals surface area contributed by atoms with Crippen LogP contribution in [0.5, 0.6) is 5.75 Å². The van der Waals surface area contributed by atoms with E-state index in [4.69, 9.17) is 4.74 Å². The Hall–Kier alpha value is -4.74. The molecular weight excluding hydrogens is 610 g/mol. The van der Waals surface area contributed by atoms with Crippen molar-refractivity contribution >= 4 is 12.2 Å².